The maximum Gasteiger partial charge on any atom is 0.272 e. The zero-order valence-corrected chi connectivity index (χ0v) is 28.2. The van der Waals surface area contributed by atoms with Crippen LogP contribution in [0.15, 0.2) is 138 Å². The van der Waals surface area contributed by atoms with E-state index in [0.717, 1.165) is 38.5 Å². The molecule has 0 aliphatic heterocycles. The lowest BCUT2D eigenvalue weighted by Crippen LogP contribution is -2.30. The molecule has 0 aliphatic carbocycles. The lowest BCUT2D eigenvalue weighted by Gasteiger charge is -2.19. The number of amides is 3. The molecule has 7 nitrogen and oxygen atoms in total. The molecule has 1 atom stereocenters. The maximum atomic E-state index is 13.7. The van der Waals surface area contributed by atoms with E-state index in [0.29, 0.717) is 11.3 Å². The van der Waals surface area contributed by atoms with Gasteiger partial charge in [0, 0.05) is 41.6 Å². The highest BCUT2D eigenvalue weighted by atomic mass is 32.2. The SMILES string of the molecule is Cc1cccc(C)c1NC(=O)C(Sc1ccc(NC(=O)/C(=C/c2ccc(N(C)C)cc2)NC(=O)c2ccccc2)cc1)c1ccccc1. The second kappa shape index (κ2) is 15.8. The fraction of sp³-hybridized carbons (Fsp3) is 0.125. The topological polar surface area (TPSA) is 90.5 Å². The number of hydrogen-bond acceptors (Lipinski definition) is 5. The van der Waals surface area contributed by atoms with Crippen molar-refractivity contribution in [1.29, 1.82) is 0 Å². The van der Waals surface area contributed by atoms with Gasteiger partial charge >= 0.3 is 0 Å². The molecule has 242 valence electrons. The molecule has 3 N–H and O–H groups in total. The Labute approximate surface area is 286 Å². The molecule has 5 aromatic rings. The van der Waals surface area contributed by atoms with Crippen LogP contribution in [0.25, 0.3) is 6.08 Å². The van der Waals surface area contributed by atoms with Crippen LogP contribution in [-0.4, -0.2) is 31.8 Å². The van der Waals surface area contributed by atoms with Crippen LogP contribution >= 0.6 is 11.8 Å². The molecule has 0 bridgehead atoms. The van der Waals surface area contributed by atoms with Gasteiger partial charge in [-0.25, -0.2) is 0 Å². The van der Waals surface area contributed by atoms with E-state index in [1.807, 2.05) is 124 Å². The number of thioether (sulfide) groups is 1. The summed E-state index contributed by atoms with van der Waals surface area (Å²) >= 11 is 1.43. The Hall–Kier alpha value is -5.60. The quantitative estimate of drug-likeness (QED) is 0.0986. The van der Waals surface area contributed by atoms with Crippen molar-refractivity contribution in [1.82, 2.24) is 5.32 Å². The third-order valence-electron chi connectivity index (χ3n) is 7.69. The van der Waals surface area contributed by atoms with Crippen LogP contribution in [0.4, 0.5) is 17.1 Å². The van der Waals surface area contributed by atoms with Gasteiger partial charge in [0.2, 0.25) is 5.91 Å². The normalized spacial score (nSPS) is 11.7. The first kappa shape index (κ1) is 33.8. The summed E-state index contributed by atoms with van der Waals surface area (Å²) in [5, 5.41) is 8.33. The second-order valence-electron chi connectivity index (χ2n) is 11.5. The van der Waals surface area contributed by atoms with E-state index in [-0.39, 0.29) is 17.5 Å². The predicted octanol–water partition coefficient (Wildman–Crippen LogP) is 8.25. The highest BCUT2D eigenvalue weighted by Crippen LogP contribution is 2.37. The van der Waals surface area contributed by atoms with Crippen molar-refractivity contribution in [2.24, 2.45) is 0 Å². The lowest BCUT2D eigenvalue weighted by atomic mass is 10.1. The van der Waals surface area contributed by atoms with Gasteiger partial charge in [-0.05, 0) is 90.7 Å². The number of carbonyl (C=O) groups excluding carboxylic acids is 3. The van der Waals surface area contributed by atoms with Crippen molar-refractivity contribution in [3.8, 4) is 0 Å². The Morgan fingerprint density at radius 1 is 0.688 bits per heavy atom. The molecule has 48 heavy (non-hydrogen) atoms. The zero-order chi connectivity index (χ0) is 34.0. The summed E-state index contributed by atoms with van der Waals surface area (Å²) in [6.45, 7) is 3.96. The summed E-state index contributed by atoms with van der Waals surface area (Å²) in [4.78, 5) is 43.1. The molecule has 0 saturated carbocycles. The Morgan fingerprint density at radius 2 is 1.29 bits per heavy atom. The Bertz CT molecular complexity index is 1890. The average molecular weight is 655 g/mol. The van der Waals surface area contributed by atoms with E-state index < -0.39 is 11.2 Å². The number of anilines is 3. The predicted molar refractivity (Wildman–Crippen MR) is 197 cm³/mol. The minimum atomic E-state index is -0.507. The number of nitrogens with one attached hydrogen (secondary N) is 3. The number of aryl methyl sites for hydroxylation is 2. The molecule has 5 rings (SSSR count). The molecule has 5 aromatic carbocycles. The van der Waals surface area contributed by atoms with E-state index in [4.69, 9.17) is 0 Å². The smallest absolute Gasteiger partial charge is 0.272 e. The molecule has 0 aliphatic rings. The van der Waals surface area contributed by atoms with E-state index in [1.54, 1.807) is 42.5 Å². The largest absolute Gasteiger partial charge is 0.378 e. The summed E-state index contributed by atoms with van der Waals surface area (Å²) < 4.78 is 0. The minimum absolute atomic E-state index is 0.104. The second-order valence-corrected chi connectivity index (χ2v) is 12.7. The molecule has 3 amide bonds. The highest BCUT2D eigenvalue weighted by molar-refractivity contribution is 8.00. The van der Waals surface area contributed by atoms with Gasteiger partial charge in [0.25, 0.3) is 11.8 Å². The maximum absolute atomic E-state index is 13.7. The number of nitrogens with zero attached hydrogens (tertiary/aromatic N) is 1. The molecule has 8 heteroatoms. The van der Waals surface area contributed by atoms with Crippen molar-refractivity contribution in [3.63, 3.8) is 0 Å². The van der Waals surface area contributed by atoms with Gasteiger partial charge < -0.3 is 20.9 Å². The molecule has 0 heterocycles. The first-order valence-corrected chi connectivity index (χ1v) is 16.4. The van der Waals surface area contributed by atoms with Crippen LogP contribution in [0.3, 0.4) is 0 Å². The average Bonchev–Trinajstić information content (AvgIpc) is 3.10. The molecule has 0 fully saturated rings. The van der Waals surface area contributed by atoms with Crippen LogP contribution in [0.5, 0.6) is 0 Å². The fourth-order valence-electron chi connectivity index (χ4n) is 5.03. The highest BCUT2D eigenvalue weighted by Gasteiger charge is 2.23. The van der Waals surface area contributed by atoms with Gasteiger partial charge in [0.05, 0.1) is 0 Å². The van der Waals surface area contributed by atoms with Crippen LogP contribution in [0, 0.1) is 13.8 Å². The van der Waals surface area contributed by atoms with E-state index in [2.05, 4.69) is 16.0 Å². The van der Waals surface area contributed by atoms with E-state index in [9.17, 15) is 14.4 Å². The first-order chi connectivity index (χ1) is 23.2. The van der Waals surface area contributed by atoms with Crippen LogP contribution in [0.1, 0.15) is 37.9 Å². The number of hydrogen-bond donors (Lipinski definition) is 3. The number of rotatable bonds is 11. The standard InChI is InChI=1S/C40H38N4O3S/c1-27-12-11-13-28(2)36(27)43-40(47)37(30-14-7-5-8-15-30)48-34-24-20-32(21-25-34)41-39(46)35(42-38(45)31-16-9-6-10-17-31)26-29-18-22-33(23-19-29)44(3)4/h5-26,37H,1-4H3,(H,41,46)(H,42,45)(H,43,47)/b35-26-. The van der Waals surface area contributed by atoms with Gasteiger partial charge in [0.15, 0.2) is 0 Å². The first-order valence-electron chi connectivity index (χ1n) is 15.5. The number of carbonyl (C=O) groups is 3. The molecular formula is C40H38N4O3S. The van der Waals surface area contributed by atoms with Gasteiger partial charge in [-0.3, -0.25) is 14.4 Å². The van der Waals surface area contributed by atoms with E-state index >= 15 is 0 Å². The van der Waals surface area contributed by atoms with Crippen molar-refractivity contribution < 1.29 is 14.4 Å². The number of benzene rings is 5. The summed E-state index contributed by atoms with van der Waals surface area (Å²) in [6, 6.07) is 39.3. The van der Waals surface area contributed by atoms with Crippen molar-refractivity contribution in [2.75, 3.05) is 29.6 Å². The summed E-state index contributed by atoms with van der Waals surface area (Å²) in [5.41, 5.74) is 6.56. The van der Waals surface area contributed by atoms with Crippen molar-refractivity contribution in [3.05, 3.63) is 161 Å². The Morgan fingerprint density at radius 3 is 1.90 bits per heavy atom. The molecule has 0 saturated heterocycles. The summed E-state index contributed by atoms with van der Waals surface area (Å²) in [7, 11) is 3.91. The van der Waals surface area contributed by atoms with Gasteiger partial charge in [0.1, 0.15) is 10.9 Å². The van der Waals surface area contributed by atoms with Gasteiger partial charge in [-0.15, -0.1) is 11.8 Å². The minimum Gasteiger partial charge on any atom is -0.378 e. The summed E-state index contributed by atoms with van der Waals surface area (Å²) in [6.07, 6.45) is 1.65. The molecule has 0 radical (unpaired) electrons. The third kappa shape index (κ3) is 8.80. The van der Waals surface area contributed by atoms with Crippen LogP contribution < -0.4 is 20.9 Å². The van der Waals surface area contributed by atoms with Gasteiger partial charge in [-0.2, -0.15) is 0 Å². The Balaban J connectivity index is 1.34. The van der Waals surface area contributed by atoms with Crippen molar-refractivity contribution in [2.45, 2.75) is 24.0 Å². The third-order valence-corrected chi connectivity index (χ3v) is 8.95. The van der Waals surface area contributed by atoms with Crippen LogP contribution in [0.2, 0.25) is 0 Å². The monoisotopic (exact) mass is 654 g/mol. The van der Waals surface area contributed by atoms with Crippen molar-refractivity contribution >= 4 is 52.6 Å². The zero-order valence-electron chi connectivity index (χ0n) is 27.4. The lowest BCUT2D eigenvalue weighted by molar-refractivity contribution is -0.116. The molecular weight excluding hydrogens is 617 g/mol. The van der Waals surface area contributed by atoms with Crippen LogP contribution in [-0.2, 0) is 9.59 Å². The molecule has 1 unspecified atom stereocenters. The number of para-hydroxylation sites is 1. The molecule has 0 spiro atoms. The van der Waals surface area contributed by atoms with Gasteiger partial charge in [-0.1, -0.05) is 78.9 Å². The fourth-order valence-corrected chi connectivity index (χ4v) is 6.05. The summed E-state index contributed by atoms with van der Waals surface area (Å²) in [5.74, 6) is -0.977. The molecule has 0 aromatic heterocycles. The Kier molecular flexibility index (Phi) is 11.1. The van der Waals surface area contributed by atoms with E-state index in [1.165, 1.54) is 11.8 Å².